The zero-order valence-corrected chi connectivity index (χ0v) is 15.5. The predicted molar refractivity (Wildman–Crippen MR) is 105 cm³/mol. The number of hydrogen-bond acceptors (Lipinski definition) is 4. The summed E-state index contributed by atoms with van der Waals surface area (Å²) in [5, 5.41) is 10.5. The van der Waals surface area contributed by atoms with Gasteiger partial charge in [0, 0.05) is 17.0 Å². The Morgan fingerprint density at radius 3 is 2.48 bits per heavy atom. The molecule has 1 heterocycles. The second kappa shape index (κ2) is 8.54. The third-order valence-corrected chi connectivity index (χ3v) is 4.33. The number of carboxylic acids is 1. The van der Waals surface area contributed by atoms with Crippen LogP contribution in [0.2, 0.25) is 0 Å². The molecule has 0 saturated carbocycles. The summed E-state index contributed by atoms with van der Waals surface area (Å²) in [5.74, 6) is 0.0282. The van der Waals surface area contributed by atoms with Crippen LogP contribution >= 0.6 is 0 Å². The minimum absolute atomic E-state index is 0.0507. The molecule has 1 aromatic heterocycles. The highest BCUT2D eigenvalue weighted by Gasteiger charge is 2.21. The number of carbonyl (C=O) groups is 1. The summed E-state index contributed by atoms with van der Waals surface area (Å²) >= 11 is 0. The van der Waals surface area contributed by atoms with Crippen LogP contribution in [0.15, 0.2) is 54.6 Å². The SMILES string of the molecule is CCOc1ccc(C(CC(=O)O)c2ccc3ccccc3n2)cc1OCC. The van der Waals surface area contributed by atoms with Gasteiger partial charge in [-0.05, 0) is 43.7 Å². The molecule has 27 heavy (non-hydrogen) atoms. The molecule has 0 radical (unpaired) electrons. The number of nitrogens with zero attached hydrogens (tertiary/aromatic N) is 1. The molecule has 0 saturated heterocycles. The Hall–Kier alpha value is -3.08. The number of benzene rings is 2. The van der Waals surface area contributed by atoms with Crippen LogP contribution < -0.4 is 9.47 Å². The van der Waals surface area contributed by atoms with Crippen molar-refractivity contribution in [1.29, 1.82) is 0 Å². The van der Waals surface area contributed by atoms with Crippen molar-refractivity contribution in [1.82, 2.24) is 4.98 Å². The second-order valence-electron chi connectivity index (χ2n) is 6.15. The molecule has 0 fully saturated rings. The molecule has 1 atom stereocenters. The monoisotopic (exact) mass is 365 g/mol. The van der Waals surface area contributed by atoms with Crippen molar-refractivity contribution >= 4 is 16.9 Å². The van der Waals surface area contributed by atoms with Gasteiger partial charge in [-0.25, -0.2) is 0 Å². The zero-order valence-electron chi connectivity index (χ0n) is 15.5. The highest BCUT2D eigenvalue weighted by molar-refractivity contribution is 5.79. The Labute approximate surface area is 158 Å². The van der Waals surface area contributed by atoms with Gasteiger partial charge in [-0.2, -0.15) is 0 Å². The fourth-order valence-electron chi connectivity index (χ4n) is 3.13. The molecule has 0 spiro atoms. The quantitative estimate of drug-likeness (QED) is 0.630. The van der Waals surface area contributed by atoms with Crippen LogP contribution in [0.4, 0.5) is 0 Å². The van der Waals surface area contributed by atoms with Crippen LogP contribution in [-0.2, 0) is 4.79 Å². The Morgan fingerprint density at radius 1 is 1.00 bits per heavy atom. The second-order valence-corrected chi connectivity index (χ2v) is 6.15. The van der Waals surface area contributed by atoms with E-state index < -0.39 is 5.97 Å². The van der Waals surface area contributed by atoms with Gasteiger partial charge in [0.1, 0.15) is 0 Å². The Balaban J connectivity index is 2.05. The summed E-state index contributed by atoms with van der Waals surface area (Å²) in [6, 6.07) is 17.3. The van der Waals surface area contributed by atoms with Gasteiger partial charge in [0.25, 0.3) is 0 Å². The van der Waals surface area contributed by atoms with Crippen molar-refractivity contribution in [2.24, 2.45) is 0 Å². The summed E-state index contributed by atoms with van der Waals surface area (Å²) in [6.45, 7) is 4.85. The number of rotatable bonds is 8. The van der Waals surface area contributed by atoms with E-state index in [0.717, 1.165) is 22.2 Å². The van der Waals surface area contributed by atoms with Crippen LogP contribution in [0.3, 0.4) is 0 Å². The molecule has 0 aliphatic rings. The summed E-state index contributed by atoms with van der Waals surface area (Å²) < 4.78 is 11.3. The Bertz CT molecular complexity index is 938. The van der Waals surface area contributed by atoms with E-state index in [1.165, 1.54) is 0 Å². The van der Waals surface area contributed by atoms with E-state index in [1.54, 1.807) is 0 Å². The van der Waals surface area contributed by atoms with E-state index in [0.29, 0.717) is 24.7 Å². The van der Waals surface area contributed by atoms with Crippen molar-refractivity contribution in [2.75, 3.05) is 13.2 Å². The molecule has 0 aliphatic carbocycles. The number of aliphatic carboxylic acids is 1. The molecule has 0 amide bonds. The Kier molecular flexibility index (Phi) is 5.91. The molecular weight excluding hydrogens is 342 g/mol. The Morgan fingerprint density at radius 2 is 1.74 bits per heavy atom. The maximum atomic E-state index is 11.5. The predicted octanol–water partition coefficient (Wildman–Crippen LogP) is 4.64. The summed E-state index contributed by atoms with van der Waals surface area (Å²) in [4.78, 5) is 16.2. The molecule has 3 rings (SSSR count). The maximum absolute atomic E-state index is 11.5. The molecule has 140 valence electrons. The van der Waals surface area contributed by atoms with Crippen LogP contribution in [-0.4, -0.2) is 29.3 Å². The molecule has 0 bridgehead atoms. The third kappa shape index (κ3) is 4.37. The summed E-state index contributed by atoms with van der Waals surface area (Å²) in [6.07, 6.45) is -0.0507. The third-order valence-electron chi connectivity index (χ3n) is 4.33. The number of carboxylic acid groups (broad SMARTS) is 1. The first-order valence-corrected chi connectivity index (χ1v) is 9.09. The van der Waals surface area contributed by atoms with Gasteiger partial charge in [0.2, 0.25) is 0 Å². The highest BCUT2D eigenvalue weighted by Crippen LogP contribution is 2.35. The number of pyridine rings is 1. The average Bonchev–Trinajstić information content (AvgIpc) is 2.67. The normalized spacial score (nSPS) is 11.9. The molecule has 2 aromatic carbocycles. The average molecular weight is 365 g/mol. The van der Waals surface area contributed by atoms with E-state index in [2.05, 4.69) is 0 Å². The number of fused-ring (bicyclic) bond motifs is 1. The molecular formula is C22H23NO4. The number of hydrogen-bond donors (Lipinski definition) is 1. The maximum Gasteiger partial charge on any atom is 0.304 e. The van der Waals surface area contributed by atoms with Crippen molar-refractivity contribution in [3.8, 4) is 11.5 Å². The minimum Gasteiger partial charge on any atom is -0.490 e. The zero-order chi connectivity index (χ0) is 19.2. The number of para-hydroxylation sites is 1. The fraction of sp³-hybridized carbons (Fsp3) is 0.273. The van der Waals surface area contributed by atoms with E-state index in [-0.39, 0.29) is 12.3 Å². The molecule has 1 unspecified atom stereocenters. The standard InChI is InChI=1S/C22H23NO4/c1-3-26-20-12-10-16(13-21(20)27-4-2)17(14-22(24)25)19-11-9-15-7-5-6-8-18(15)23-19/h5-13,17H,3-4,14H2,1-2H3,(H,24,25). The lowest BCUT2D eigenvalue weighted by Crippen LogP contribution is -2.10. The van der Waals surface area contributed by atoms with Crippen LogP contribution in [0.25, 0.3) is 10.9 Å². The van der Waals surface area contributed by atoms with Gasteiger partial charge in [0.15, 0.2) is 11.5 Å². The van der Waals surface area contributed by atoms with Crippen LogP contribution in [0, 0.1) is 0 Å². The molecule has 0 aliphatic heterocycles. The van der Waals surface area contributed by atoms with Crippen molar-refractivity contribution in [2.45, 2.75) is 26.2 Å². The first-order valence-electron chi connectivity index (χ1n) is 9.09. The van der Waals surface area contributed by atoms with E-state index in [9.17, 15) is 9.90 Å². The van der Waals surface area contributed by atoms with Crippen molar-refractivity contribution in [3.05, 3.63) is 65.9 Å². The lowest BCUT2D eigenvalue weighted by atomic mass is 9.91. The first-order chi connectivity index (χ1) is 13.1. The summed E-state index contributed by atoms with van der Waals surface area (Å²) in [7, 11) is 0. The van der Waals surface area contributed by atoms with Gasteiger partial charge in [-0.3, -0.25) is 9.78 Å². The lowest BCUT2D eigenvalue weighted by molar-refractivity contribution is -0.137. The molecule has 5 nitrogen and oxygen atoms in total. The van der Waals surface area contributed by atoms with Gasteiger partial charge in [-0.1, -0.05) is 30.3 Å². The smallest absolute Gasteiger partial charge is 0.304 e. The van der Waals surface area contributed by atoms with Gasteiger partial charge in [-0.15, -0.1) is 0 Å². The van der Waals surface area contributed by atoms with Gasteiger partial charge in [0.05, 0.1) is 25.2 Å². The van der Waals surface area contributed by atoms with Crippen LogP contribution in [0.1, 0.15) is 37.4 Å². The minimum atomic E-state index is -0.873. The van der Waals surface area contributed by atoms with E-state index in [4.69, 9.17) is 14.5 Å². The summed E-state index contributed by atoms with van der Waals surface area (Å²) in [5.41, 5.74) is 2.41. The van der Waals surface area contributed by atoms with Crippen molar-refractivity contribution < 1.29 is 19.4 Å². The van der Waals surface area contributed by atoms with E-state index >= 15 is 0 Å². The topological polar surface area (TPSA) is 68.7 Å². The molecule has 5 heteroatoms. The van der Waals surface area contributed by atoms with Crippen molar-refractivity contribution in [3.63, 3.8) is 0 Å². The molecule has 1 N–H and O–H groups in total. The fourth-order valence-corrected chi connectivity index (χ4v) is 3.13. The lowest BCUT2D eigenvalue weighted by Gasteiger charge is -2.18. The first kappa shape index (κ1) is 18.7. The van der Waals surface area contributed by atoms with Crippen LogP contribution in [0.5, 0.6) is 11.5 Å². The largest absolute Gasteiger partial charge is 0.490 e. The van der Waals surface area contributed by atoms with Gasteiger partial charge >= 0.3 is 5.97 Å². The molecule has 3 aromatic rings. The van der Waals surface area contributed by atoms with Gasteiger partial charge < -0.3 is 14.6 Å². The highest BCUT2D eigenvalue weighted by atomic mass is 16.5. The number of ether oxygens (including phenoxy) is 2. The number of aromatic nitrogens is 1. The van der Waals surface area contributed by atoms with E-state index in [1.807, 2.05) is 68.4 Å².